The number of carbonyl (C=O) groups excluding carboxylic acids is 1. The van der Waals surface area contributed by atoms with Crippen LogP contribution in [0.15, 0.2) is 30.7 Å². The average molecular weight is 436 g/mol. The Hall–Kier alpha value is -2.34. The first kappa shape index (κ1) is 22.8. The van der Waals surface area contributed by atoms with E-state index in [1.807, 2.05) is 30.7 Å². The van der Waals surface area contributed by atoms with Gasteiger partial charge in [-0.05, 0) is 83.2 Å². The third-order valence-corrected chi connectivity index (χ3v) is 7.04. The van der Waals surface area contributed by atoms with Crippen LogP contribution in [0, 0.1) is 5.92 Å². The molecule has 6 heteroatoms. The van der Waals surface area contributed by atoms with Crippen LogP contribution in [0.2, 0.25) is 0 Å². The summed E-state index contributed by atoms with van der Waals surface area (Å²) in [6.45, 7) is 9.50. The van der Waals surface area contributed by atoms with Crippen LogP contribution in [0.3, 0.4) is 0 Å². The van der Waals surface area contributed by atoms with Gasteiger partial charge in [-0.2, -0.15) is 0 Å². The molecule has 0 N–H and O–H groups in total. The Balaban J connectivity index is 1.63. The number of aryl methyl sites for hydroxylation is 1. The van der Waals surface area contributed by atoms with Crippen molar-refractivity contribution >= 4 is 5.91 Å². The fraction of sp³-hybridized carbons (Fsp3) is 0.615. The first-order valence-electron chi connectivity index (χ1n) is 12.4. The van der Waals surface area contributed by atoms with E-state index in [-0.39, 0.29) is 12.0 Å². The minimum absolute atomic E-state index is 0.0288. The molecule has 4 heterocycles. The van der Waals surface area contributed by atoms with Crippen LogP contribution in [0.4, 0.5) is 0 Å². The summed E-state index contributed by atoms with van der Waals surface area (Å²) in [7, 11) is 0. The first-order valence-corrected chi connectivity index (χ1v) is 12.4. The first-order chi connectivity index (χ1) is 15.6. The number of piperidine rings is 2. The lowest BCUT2D eigenvalue weighted by Gasteiger charge is -2.41. The van der Waals surface area contributed by atoms with Crippen LogP contribution in [-0.2, 0) is 11.2 Å². The Morgan fingerprint density at radius 1 is 1.09 bits per heavy atom. The van der Waals surface area contributed by atoms with Gasteiger partial charge in [0.2, 0.25) is 5.91 Å². The summed E-state index contributed by atoms with van der Waals surface area (Å²) in [5.41, 5.74) is 3.12. The van der Waals surface area contributed by atoms with E-state index in [4.69, 9.17) is 4.98 Å². The summed E-state index contributed by atoms with van der Waals surface area (Å²) in [5.74, 6) is 1.34. The van der Waals surface area contributed by atoms with Crippen LogP contribution in [0.5, 0.6) is 0 Å². The van der Waals surface area contributed by atoms with Gasteiger partial charge in [-0.15, -0.1) is 0 Å². The summed E-state index contributed by atoms with van der Waals surface area (Å²) in [6.07, 6.45) is 12.5. The number of hydrogen-bond acceptors (Lipinski definition) is 5. The molecule has 172 valence electrons. The van der Waals surface area contributed by atoms with Gasteiger partial charge in [0.15, 0.2) is 0 Å². The lowest BCUT2D eigenvalue weighted by atomic mass is 9.89. The van der Waals surface area contributed by atoms with Gasteiger partial charge in [0.05, 0.1) is 11.7 Å². The molecule has 0 bridgehead atoms. The summed E-state index contributed by atoms with van der Waals surface area (Å²) >= 11 is 0. The second kappa shape index (κ2) is 10.5. The van der Waals surface area contributed by atoms with Crippen LogP contribution < -0.4 is 0 Å². The van der Waals surface area contributed by atoms with Crippen LogP contribution in [0.25, 0.3) is 11.1 Å². The Labute approximate surface area is 192 Å². The van der Waals surface area contributed by atoms with Gasteiger partial charge in [0.25, 0.3) is 0 Å². The fourth-order valence-electron chi connectivity index (χ4n) is 5.16. The SMILES string of the molecule is CCCc1ncc(-c2ccncc2)c([C@H]2CCCCN2C(=O)C2CCN(C(C)C)CC2)n1. The quantitative estimate of drug-likeness (QED) is 0.660. The zero-order valence-electron chi connectivity index (χ0n) is 19.8. The van der Waals surface area contributed by atoms with Gasteiger partial charge < -0.3 is 9.80 Å². The zero-order valence-corrected chi connectivity index (χ0v) is 19.8. The summed E-state index contributed by atoms with van der Waals surface area (Å²) in [6, 6.07) is 4.60. The third-order valence-electron chi connectivity index (χ3n) is 7.04. The molecule has 32 heavy (non-hydrogen) atoms. The second-order valence-electron chi connectivity index (χ2n) is 9.52. The maximum atomic E-state index is 13.7. The summed E-state index contributed by atoms with van der Waals surface area (Å²) in [5, 5.41) is 0. The number of pyridine rings is 1. The predicted octanol–water partition coefficient (Wildman–Crippen LogP) is 4.67. The molecular formula is C26H37N5O. The zero-order chi connectivity index (χ0) is 22.5. The number of rotatable bonds is 6. The van der Waals surface area contributed by atoms with E-state index in [0.717, 1.165) is 87.2 Å². The van der Waals surface area contributed by atoms with E-state index in [9.17, 15) is 4.79 Å². The van der Waals surface area contributed by atoms with Crippen molar-refractivity contribution in [2.24, 2.45) is 5.92 Å². The Kier molecular flexibility index (Phi) is 7.51. The molecular weight excluding hydrogens is 398 g/mol. The standard InChI is InChI=1S/C26H37N5O/c1-4-7-24-28-18-22(20-9-13-27-14-10-20)25(29-24)23-8-5-6-15-31(23)26(32)21-11-16-30(17-12-21)19(2)3/h9-10,13-14,18-19,21,23H,4-8,11-12,15-17H2,1-3H3/t23-/m1/s1. The normalized spacial score (nSPS) is 20.6. The molecule has 2 aliphatic heterocycles. The molecule has 2 aliphatic rings. The topological polar surface area (TPSA) is 62.2 Å². The molecule has 0 aromatic carbocycles. The van der Waals surface area contributed by atoms with Crippen LogP contribution in [-0.4, -0.2) is 56.3 Å². The Morgan fingerprint density at radius 3 is 2.53 bits per heavy atom. The lowest BCUT2D eigenvalue weighted by Crippen LogP contribution is -2.47. The van der Waals surface area contributed by atoms with Gasteiger partial charge >= 0.3 is 0 Å². The fourth-order valence-corrected chi connectivity index (χ4v) is 5.16. The van der Waals surface area contributed by atoms with E-state index >= 15 is 0 Å². The molecule has 0 radical (unpaired) electrons. The maximum Gasteiger partial charge on any atom is 0.226 e. The van der Waals surface area contributed by atoms with Crippen molar-refractivity contribution in [3.63, 3.8) is 0 Å². The molecule has 2 aromatic heterocycles. The number of likely N-dealkylation sites (tertiary alicyclic amines) is 2. The van der Waals surface area contributed by atoms with E-state index < -0.39 is 0 Å². The van der Waals surface area contributed by atoms with Gasteiger partial charge in [-0.3, -0.25) is 9.78 Å². The highest BCUT2D eigenvalue weighted by atomic mass is 16.2. The molecule has 1 amide bonds. The van der Waals surface area contributed by atoms with Gasteiger partial charge in [0.1, 0.15) is 5.82 Å². The van der Waals surface area contributed by atoms with Gasteiger partial charge in [0, 0.05) is 49.1 Å². The monoisotopic (exact) mass is 435 g/mol. The highest BCUT2D eigenvalue weighted by Crippen LogP contribution is 2.37. The van der Waals surface area contributed by atoms with Crippen molar-refractivity contribution in [1.82, 2.24) is 24.8 Å². The lowest BCUT2D eigenvalue weighted by molar-refractivity contribution is -0.141. The predicted molar refractivity (Wildman–Crippen MR) is 127 cm³/mol. The van der Waals surface area contributed by atoms with Crippen molar-refractivity contribution in [2.75, 3.05) is 19.6 Å². The number of aromatic nitrogens is 3. The van der Waals surface area contributed by atoms with Crippen LogP contribution >= 0.6 is 0 Å². The Morgan fingerprint density at radius 2 is 1.84 bits per heavy atom. The largest absolute Gasteiger partial charge is 0.334 e. The number of amides is 1. The molecule has 0 spiro atoms. The third kappa shape index (κ3) is 5.01. The molecule has 6 nitrogen and oxygen atoms in total. The highest BCUT2D eigenvalue weighted by Gasteiger charge is 2.36. The van der Waals surface area contributed by atoms with E-state index in [0.29, 0.717) is 11.9 Å². The van der Waals surface area contributed by atoms with E-state index in [1.54, 1.807) is 0 Å². The van der Waals surface area contributed by atoms with Crippen molar-refractivity contribution in [2.45, 2.75) is 77.8 Å². The number of hydrogen-bond donors (Lipinski definition) is 0. The van der Waals surface area contributed by atoms with E-state index in [1.165, 1.54) is 0 Å². The molecule has 4 rings (SSSR count). The van der Waals surface area contributed by atoms with Crippen molar-refractivity contribution in [3.05, 3.63) is 42.2 Å². The summed E-state index contributed by atoms with van der Waals surface area (Å²) < 4.78 is 0. The van der Waals surface area contributed by atoms with Gasteiger partial charge in [-0.25, -0.2) is 9.97 Å². The average Bonchev–Trinajstić information content (AvgIpc) is 2.84. The molecule has 2 aromatic rings. The van der Waals surface area contributed by atoms with Gasteiger partial charge in [-0.1, -0.05) is 6.92 Å². The molecule has 0 aliphatic carbocycles. The summed E-state index contributed by atoms with van der Waals surface area (Å²) in [4.78, 5) is 32.2. The molecule has 1 atom stereocenters. The maximum absolute atomic E-state index is 13.7. The minimum Gasteiger partial charge on any atom is -0.334 e. The van der Waals surface area contributed by atoms with Crippen molar-refractivity contribution < 1.29 is 4.79 Å². The Bertz CT molecular complexity index is 892. The number of carbonyl (C=O) groups is 1. The smallest absolute Gasteiger partial charge is 0.226 e. The molecule has 2 saturated heterocycles. The van der Waals surface area contributed by atoms with E-state index in [2.05, 4.69) is 40.5 Å². The van der Waals surface area contributed by atoms with Crippen molar-refractivity contribution in [1.29, 1.82) is 0 Å². The van der Waals surface area contributed by atoms with Crippen LogP contribution in [0.1, 0.15) is 76.9 Å². The second-order valence-corrected chi connectivity index (χ2v) is 9.52. The highest BCUT2D eigenvalue weighted by molar-refractivity contribution is 5.80. The minimum atomic E-state index is 0.0288. The molecule has 0 unspecified atom stereocenters. The number of nitrogens with zero attached hydrogens (tertiary/aromatic N) is 5. The molecule has 0 saturated carbocycles. The van der Waals surface area contributed by atoms with Crippen molar-refractivity contribution in [3.8, 4) is 11.1 Å². The molecule has 2 fully saturated rings.